The average molecular weight is 474 g/mol. The average Bonchev–Trinajstić information content (AvgIpc) is 3.12. The maximum atomic E-state index is 13.1. The summed E-state index contributed by atoms with van der Waals surface area (Å²) in [6.07, 6.45) is 2.24. The second-order valence-electron chi connectivity index (χ2n) is 7.89. The van der Waals surface area contributed by atoms with Gasteiger partial charge in [-0.3, -0.25) is 9.59 Å². The summed E-state index contributed by atoms with van der Waals surface area (Å²) in [6.45, 7) is 1.76. The number of hydrogen-bond acceptors (Lipinski definition) is 4. The Kier molecular flexibility index (Phi) is 7.21. The van der Waals surface area contributed by atoms with Crippen LogP contribution in [0.5, 0.6) is 5.75 Å². The van der Waals surface area contributed by atoms with Crippen LogP contribution < -0.4 is 15.4 Å². The number of ether oxygens (including phenoxy) is 1. The molecule has 0 aliphatic carbocycles. The minimum Gasteiger partial charge on any atom is -0.488 e. The molecule has 1 aliphatic rings. The van der Waals surface area contributed by atoms with Crippen molar-refractivity contribution in [3.63, 3.8) is 0 Å². The molecule has 1 aliphatic heterocycles. The van der Waals surface area contributed by atoms with Crippen molar-refractivity contribution in [2.45, 2.75) is 20.0 Å². The lowest BCUT2D eigenvalue weighted by Gasteiger charge is -2.13. The maximum absolute atomic E-state index is 13.1. The van der Waals surface area contributed by atoms with E-state index in [4.69, 9.17) is 4.74 Å². The summed E-state index contributed by atoms with van der Waals surface area (Å²) in [6, 6.07) is 19.7. The third-order valence-electron chi connectivity index (χ3n) is 5.46. The molecule has 2 N–H and O–H groups in total. The number of amides is 4. The standard InChI is InChI=1S/C27H24FN3O4/c1-2-19-7-3-5-9-22(19)29-25(32)16-31-26(33)23(30-27(31)34)15-20-8-4-6-10-24(20)35-17-18-11-13-21(28)14-12-18/h3-15H,2,16-17H2,1H3,(H,29,32)(H,30,34)/b23-15+. The number of benzene rings is 3. The van der Waals surface area contributed by atoms with Crippen LogP contribution in [0.25, 0.3) is 6.08 Å². The topological polar surface area (TPSA) is 87.7 Å². The van der Waals surface area contributed by atoms with Crippen LogP contribution in [-0.4, -0.2) is 29.3 Å². The van der Waals surface area contributed by atoms with Crippen LogP contribution in [-0.2, 0) is 22.6 Å². The lowest BCUT2D eigenvalue weighted by atomic mass is 10.1. The van der Waals surface area contributed by atoms with Crippen molar-refractivity contribution in [2.24, 2.45) is 0 Å². The number of urea groups is 1. The van der Waals surface area contributed by atoms with Crippen molar-refractivity contribution >= 4 is 29.6 Å². The van der Waals surface area contributed by atoms with E-state index < -0.39 is 24.4 Å². The predicted molar refractivity (Wildman–Crippen MR) is 130 cm³/mol. The van der Waals surface area contributed by atoms with Gasteiger partial charge >= 0.3 is 6.03 Å². The first kappa shape index (κ1) is 23.7. The van der Waals surface area contributed by atoms with Crippen LogP contribution in [0.1, 0.15) is 23.6 Å². The Hall–Kier alpha value is -4.46. The number of nitrogens with zero attached hydrogens (tertiary/aromatic N) is 1. The first-order chi connectivity index (χ1) is 16.9. The summed E-state index contributed by atoms with van der Waals surface area (Å²) >= 11 is 0. The van der Waals surface area contributed by atoms with Crippen molar-refractivity contribution in [2.75, 3.05) is 11.9 Å². The molecule has 178 valence electrons. The van der Waals surface area contributed by atoms with Gasteiger partial charge in [-0.1, -0.05) is 55.5 Å². The Morgan fingerprint density at radius 2 is 1.74 bits per heavy atom. The molecule has 0 spiro atoms. The number of halogens is 1. The van der Waals surface area contributed by atoms with E-state index in [1.807, 2.05) is 19.1 Å². The second-order valence-corrected chi connectivity index (χ2v) is 7.89. The van der Waals surface area contributed by atoms with E-state index in [1.54, 1.807) is 48.5 Å². The summed E-state index contributed by atoms with van der Waals surface area (Å²) in [4.78, 5) is 38.7. The van der Waals surface area contributed by atoms with E-state index in [-0.39, 0.29) is 18.1 Å². The number of carbonyl (C=O) groups is 3. The van der Waals surface area contributed by atoms with E-state index >= 15 is 0 Å². The van der Waals surface area contributed by atoms with Gasteiger partial charge in [0.05, 0.1) is 0 Å². The summed E-state index contributed by atoms with van der Waals surface area (Å²) in [5, 5.41) is 5.29. The molecule has 0 unspecified atom stereocenters. The van der Waals surface area contributed by atoms with Gasteiger partial charge in [0.25, 0.3) is 5.91 Å². The Bertz CT molecular complexity index is 1290. The molecule has 8 heteroatoms. The molecule has 0 atom stereocenters. The molecule has 4 rings (SSSR count). The van der Waals surface area contributed by atoms with E-state index in [0.29, 0.717) is 17.0 Å². The van der Waals surface area contributed by atoms with Gasteiger partial charge in [0, 0.05) is 11.3 Å². The van der Waals surface area contributed by atoms with Crippen LogP contribution in [0.2, 0.25) is 0 Å². The van der Waals surface area contributed by atoms with Crippen molar-refractivity contribution in [1.82, 2.24) is 10.2 Å². The van der Waals surface area contributed by atoms with E-state index in [2.05, 4.69) is 10.6 Å². The SMILES string of the molecule is CCc1ccccc1NC(=O)CN1C(=O)N/C(=C/c2ccccc2OCc2ccc(F)cc2)C1=O. The quantitative estimate of drug-likeness (QED) is 0.373. The molecule has 1 saturated heterocycles. The van der Waals surface area contributed by atoms with Gasteiger partial charge < -0.3 is 15.4 Å². The molecule has 1 heterocycles. The zero-order chi connectivity index (χ0) is 24.8. The molecule has 1 fully saturated rings. The van der Waals surface area contributed by atoms with Crippen LogP contribution in [0.15, 0.2) is 78.5 Å². The highest BCUT2D eigenvalue weighted by molar-refractivity contribution is 6.16. The fourth-order valence-electron chi connectivity index (χ4n) is 3.63. The molecular formula is C27H24FN3O4. The van der Waals surface area contributed by atoms with E-state index in [9.17, 15) is 18.8 Å². The third-order valence-corrected chi connectivity index (χ3v) is 5.46. The van der Waals surface area contributed by atoms with Crippen LogP contribution in [0, 0.1) is 5.82 Å². The molecule has 0 saturated carbocycles. The van der Waals surface area contributed by atoms with Crippen molar-refractivity contribution in [3.05, 3.63) is 101 Å². The fourth-order valence-corrected chi connectivity index (χ4v) is 3.63. The highest BCUT2D eigenvalue weighted by Gasteiger charge is 2.35. The van der Waals surface area contributed by atoms with Gasteiger partial charge in [0.2, 0.25) is 5.91 Å². The zero-order valence-corrected chi connectivity index (χ0v) is 19.1. The lowest BCUT2D eigenvalue weighted by Crippen LogP contribution is -2.38. The number of rotatable bonds is 8. The monoisotopic (exact) mass is 473 g/mol. The van der Waals surface area contributed by atoms with Gasteiger partial charge in [-0.2, -0.15) is 0 Å². The van der Waals surface area contributed by atoms with Gasteiger partial charge in [-0.15, -0.1) is 0 Å². The Labute approximate surface area is 202 Å². The van der Waals surface area contributed by atoms with Crippen LogP contribution >= 0.6 is 0 Å². The highest BCUT2D eigenvalue weighted by Crippen LogP contribution is 2.24. The van der Waals surface area contributed by atoms with Gasteiger partial charge in [0.15, 0.2) is 0 Å². The Balaban J connectivity index is 1.45. The first-order valence-electron chi connectivity index (χ1n) is 11.1. The molecule has 35 heavy (non-hydrogen) atoms. The normalized spacial score (nSPS) is 14.2. The van der Waals surface area contributed by atoms with Gasteiger partial charge in [-0.05, 0) is 47.9 Å². The first-order valence-corrected chi connectivity index (χ1v) is 11.1. The number of nitrogens with one attached hydrogen (secondary N) is 2. The summed E-state index contributed by atoms with van der Waals surface area (Å²) in [5.41, 5.74) is 2.99. The van der Waals surface area contributed by atoms with Crippen molar-refractivity contribution < 1.29 is 23.5 Å². The minimum atomic E-state index is -0.676. The fraction of sp³-hybridized carbons (Fsp3) is 0.148. The maximum Gasteiger partial charge on any atom is 0.329 e. The largest absolute Gasteiger partial charge is 0.488 e. The molecule has 0 radical (unpaired) electrons. The van der Waals surface area contributed by atoms with Crippen LogP contribution in [0.3, 0.4) is 0 Å². The molecule has 7 nitrogen and oxygen atoms in total. The predicted octanol–water partition coefficient (Wildman–Crippen LogP) is 4.50. The minimum absolute atomic E-state index is 0.0367. The highest BCUT2D eigenvalue weighted by atomic mass is 19.1. The van der Waals surface area contributed by atoms with Gasteiger partial charge in [-0.25, -0.2) is 14.1 Å². The van der Waals surface area contributed by atoms with Gasteiger partial charge in [0.1, 0.15) is 30.4 Å². The molecular weight excluding hydrogens is 449 g/mol. The summed E-state index contributed by atoms with van der Waals surface area (Å²) in [5.74, 6) is -0.929. The van der Waals surface area contributed by atoms with E-state index in [1.165, 1.54) is 18.2 Å². The third kappa shape index (κ3) is 5.73. The summed E-state index contributed by atoms with van der Waals surface area (Å²) < 4.78 is 19.0. The molecule has 3 aromatic carbocycles. The Morgan fingerprint density at radius 3 is 2.51 bits per heavy atom. The number of imide groups is 1. The summed E-state index contributed by atoms with van der Waals surface area (Å²) in [7, 11) is 0. The number of aryl methyl sites for hydroxylation is 1. The zero-order valence-electron chi connectivity index (χ0n) is 19.1. The number of hydrogen-bond donors (Lipinski definition) is 2. The number of carbonyl (C=O) groups excluding carboxylic acids is 3. The lowest BCUT2D eigenvalue weighted by molar-refractivity contribution is -0.127. The molecule has 0 bridgehead atoms. The van der Waals surface area contributed by atoms with Crippen LogP contribution in [0.4, 0.5) is 14.9 Å². The number of para-hydroxylation sites is 2. The molecule has 0 aromatic heterocycles. The molecule has 3 aromatic rings. The Morgan fingerprint density at radius 1 is 1.03 bits per heavy atom. The van der Waals surface area contributed by atoms with Crippen molar-refractivity contribution in [1.29, 1.82) is 0 Å². The molecule has 4 amide bonds. The number of anilines is 1. The second kappa shape index (κ2) is 10.6. The smallest absolute Gasteiger partial charge is 0.329 e. The van der Waals surface area contributed by atoms with Crippen molar-refractivity contribution in [3.8, 4) is 5.75 Å². The van der Waals surface area contributed by atoms with E-state index in [0.717, 1.165) is 22.4 Å².